The van der Waals surface area contributed by atoms with Crippen LogP contribution in [0.1, 0.15) is 106 Å². The van der Waals surface area contributed by atoms with Crippen molar-refractivity contribution < 1.29 is 89.4 Å². The van der Waals surface area contributed by atoms with Gasteiger partial charge in [0.2, 0.25) is 11.8 Å². The fourth-order valence-electron chi connectivity index (χ4n) is 13.3. The second kappa shape index (κ2) is 46.1. The highest BCUT2D eigenvalue weighted by Crippen LogP contribution is 2.41. The summed E-state index contributed by atoms with van der Waals surface area (Å²) in [6.07, 6.45) is 10.7. The Morgan fingerprint density at radius 1 is 0.504 bits per heavy atom. The monoisotopic (exact) mass is 2190 g/mol. The zero-order valence-electron chi connectivity index (χ0n) is 73.1. The van der Waals surface area contributed by atoms with Gasteiger partial charge in [0.05, 0.1) is 106 Å². The highest BCUT2D eigenvalue weighted by atomic mass is 79.9. The number of rotatable bonds is 11. The number of anilines is 2. The lowest BCUT2D eigenvalue weighted by molar-refractivity contribution is -0.138. The Balaban J connectivity index is 0.000000203. The number of carbonyl (C=O) groups is 1. The molecule has 3 aromatic carbocycles. The van der Waals surface area contributed by atoms with E-state index in [4.69, 9.17) is 44.5 Å². The molecule has 2 aliphatic heterocycles. The van der Waals surface area contributed by atoms with Crippen LogP contribution in [0, 0.1) is 69.1 Å². The molecule has 10 aromatic heterocycles. The van der Waals surface area contributed by atoms with Crippen LogP contribution in [0.4, 0.5) is 64.3 Å². The third-order valence-electron chi connectivity index (χ3n) is 20.4. The summed E-state index contributed by atoms with van der Waals surface area (Å²) in [5, 5.41) is 26.3. The minimum absolute atomic E-state index is 0.00779. The smallest absolute Gasteiger partial charge is 0.480 e. The molecule has 15 rings (SSSR count). The van der Waals surface area contributed by atoms with Crippen molar-refractivity contribution in [1.82, 2.24) is 72.7 Å². The molecule has 50 heteroatoms. The largest absolute Gasteiger partial charge is 0.534 e. The fraction of sp³-hybridized carbons (Fsp3) is 0.299. The first-order valence-electron chi connectivity index (χ1n) is 39.2. The Labute approximate surface area is 802 Å². The van der Waals surface area contributed by atoms with E-state index in [9.17, 15) is 99.8 Å². The lowest BCUT2D eigenvalue weighted by Gasteiger charge is -2.32. The number of alkyl halides is 12. The van der Waals surface area contributed by atoms with E-state index in [2.05, 4.69) is 146 Å². The molecule has 0 amide bonds. The minimum atomic E-state index is -5.87. The first-order valence-corrected chi connectivity index (χ1v) is 43.8. The summed E-state index contributed by atoms with van der Waals surface area (Å²) >= 11 is 12.4. The number of aromatic amines is 1. The second-order valence-electron chi connectivity index (χ2n) is 29.0. The standard InChI is InChI=1S/C24H23F3N4O3.C19H14BrF3N4O.C11H10F3N.C9H5BrF3N3O4S.C9H8BrN3O2.C8H6BrN3O2.C5H8O2.C2H3N/c1-4-19(15-6-5-7-17(14(15)2)24(25,26)27)30-20-16-12-18(23(33)8-10-34-11-9-23)22(32)31(3)21(16)29-13-28-20;1-4-15(11-6-5-7-13(10(11)2)19(21,22)23)26-16-12-8-14(20)18(28)27(3)17(12)25-9-24-16;1-3-10(15)8-5-4-6-9(7(8)2)11(12,13)14;1-16-6-4(2-5(10)8(16)17)7(15-3-14-6)20-21(18,19)9(11,12)13;1-13-7-5(3-6(10)9(13)14)8(15-2)12-4-11-7;1-12-6-4(2-5(9)8(12)14)7(13)11-3-10-6;6-5-1-3-7-4-2-5;1-2-3/h1,5-7,12-13,19,33H,8-11H2,2-3H3,(H,28,29,30);1,5-9,15H,2-3H3,(H,24,25,26);1,4-6,10H,15H2,2H3;2-3H,1H3;3-4H,1-2H3;2-3H,1H3,(H,10,11,13);1-4H2;1H3/t19-;15-;10-;;;;;/m111...../s1. The van der Waals surface area contributed by atoms with Crippen LogP contribution in [-0.4, -0.2) is 131 Å². The van der Waals surface area contributed by atoms with E-state index >= 15 is 0 Å². The van der Waals surface area contributed by atoms with Crippen LogP contribution in [-0.2, 0) is 83.8 Å². The van der Waals surface area contributed by atoms with Crippen LogP contribution in [0.3, 0.4) is 0 Å². The lowest BCUT2D eigenvalue weighted by Crippen LogP contribution is -2.40. The van der Waals surface area contributed by atoms with Crippen molar-refractivity contribution in [3.05, 3.63) is 252 Å². The summed E-state index contributed by atoms with van der Waals surface area (Å²) in [6, 6.07) is 18.0. The molecule has 33 nitrogen and oxygen atoms in total. The SMILES string of the molecule is C#C[C@@H](N)c1cccc(C(F)(F)F)c1C.C#C[C@@H](Nc1ncnc2c1cc(Br)c(=O)n2C)c1cccc(C(F)(F)F)c1C.C#C[C@@H](Nc1ncnc2c1cc(C1(O)CCOCC1)c(=O)n2C)c1cccc(C(F)(F)F)c1C.CC#N.COc1ncnc2c1cc(Br)c(=O)n2C.Cn1c(=O)c(Br)cc2c(=O)[nH]cnc21.Cn1c(=O)c(Br)cc2c(OS(=O)(=O)C(F)(F)F)ncnc21.O=C1CCOCC1. The van der Waals surface area contributed by atoms with Crippen LogP contribution < -0.4 is 58.6 Å². The molecule has 0 saturated carbocycles. The average Bonchev–Trinajstić information content (AvgIpc) is 0.751. The number of ketones is 1. The second-order valence-corrected chi connectivity index (χ2v) is 33.9. The third kappa shape index (κ3) is 26.0. The van der Waals surface area contributed by atoms with Gasteiger partial charge >= 0.3 is 34.2 Å². The summed E-state index contributed by atoms with van der Waals surface area (Å²) in [4.78, 5) is 120. The van der Waals surface area contributed by atoms with Crippen LogP contribution in [0.15, 0.2) is 163 Å². The summed E-state index contributed by atoms with van der Waals surface area (Å²) in [7, 11) is 3.28. The molecular weight excluding hydrogens is 2110 g/mol. The maximum Gasteiger partial charge on any atom is 0.534 e. The molecule has 0 bridgehead atoms. The molecule has 2 aliphatic rings. The average molecular weight is 2190 g/mol. The number of H-pyrrole nitrogens is 1. The number of pyridine rings is 5. The number of benzene rings is 3. The number of ether oxygens (including phenoxy) is 3. The molecule has 6 N–H and O–H groups in total. The number of aromatic nitrogens is 15. The third-order valence-corrected chi connectivity index (χ3v) is 23.6. The van der Waals surface area contributed by atoms with Crippen molar-refractivity contribution in [3.63, 3.8) is 0 Å². The van der Waals surface area contributed by atoms with E-state index in [1.54, 1.807) is 39.3 Å². The number of nitrogens with zero attached hydrogens (tertiary/aromatic N) is 15. The molecule has 12 heterocycles. The molecule has 722 valence electrons. The van der Waals surface area contributed by atoms with Crippen LogP contribution >= 0.6 is 63.7 Å². The van der Waals surface area contributed by atoms with Gasteiger partial charge in [-0.2, -0.15) is 66.4 Å². The molecular formula is C87H77Br4F12N19O14S. The van der Waals surface area contributed by atoms with Gasteiger partial charge in [0.1, 0.15) is 83.0 Å². The Morgan fingerprint density at radius 3 is 1.21 bits per heavy atom. The van der Waals surface area contributed by atoms with Crippen molar-refractivity contribution >= 4 is 146 Å². The summed E-state index contributed by atoms with van der Waals surface area (Å²) < 4.78 is 203. The van der Waals surface area contributed by atoms with Gasteiger partial charge in [-0.3, -0.25) is 56.4 Å². The van der Waals surface area contributed by atoms with Crippen molar-refractivity contribution in [2.24, 2.45) is 41.0 Å². The highest BCUT2D eigenvalue weighted by Gasteiger charge is 2.49. The Hall–Kier alpha value is -13.2. The van der Waals surface area contributed by atoms with Crippen LogP contribution in [0.2, 0.25) is 0 Å². The molecule has 137 heavy (non-hydrogen) atoms. The van der Waals surface area contributed by atoms with E-state index in [0.29, 0.717) is 125 Å². The van der Waals surface area contributed by atoms with E-state index in [1.165, 1.54) is 141 Å². The quantitative estimate of drug-likeness (QED) is 0.0347. The van der Waals surface area contributed by atoms with Gasteiger partial charge in [0, 0.05) is 86.6 Å². The zero-order chi connectivity index (χ0) is 102. The highest BCUT2D eigenvalue weighted by molar-refractivity contribution is 9.11. The topological polar surface area (TPSA) is 441 Å². The van der Waals surface area contributed by atoms with Crippen molar-refractivity contribution in [1.29, 1.82) is 5.26 Å². The summed E-state index contributed by atoms with van der Waals surface area (Å²) in [6.45, 7) is 7.43. The Kier molecular flexibility index (Phi) is 36.7. The molecule has 2 saturated heterocycles. The minimum Gasteiger partial charge on any atom is -0.480 e. The molecule has 0 radical (unpaired) electrons. The first-order chi connectivity index (χ1) is 64.2. The molecule has 13 aromatic rings. The van der Waals surface area contributed by atoms with Gasteiger partial charge in [0.15, 0.2) is 0 Å². The number of fused-ring (bicyclic) bond motifs is 5. The first kappa shape index (κ1) is 109. The van der Waals surface area contributed by atoms with Gasteiger partial charge in [-0.05, 0) is 166 Å². The van der Waals surface area contributed by atoms with Crippen LogP contribution in [0.25, 0.3) is 55.2 Å². The van der Waals surface area contributed by atoms with Crippen molar-refractivity contribution in [2.75, 3.05) is 44.2 Å². The molecule has 3 atom stereocenters. The Bertz CT molecular complexity index is 7430. The summed E-state index contributed by atoms with van der Waals surface area (Å²) in [5.41, 5.74) is -2.72. The zero-order valence-corrected chi connectivity index (χ0v) is 80.2. The van der Waals surface area contributed by atoms with Crippen molar-refractivity contribution in [3.8, 4) is 54.9 Å². The number of aliphatic hydroxyl groups is 1. The molecule has 0 spiro atoms. The van der Waals surface area contributed by atoms with Gasteiger partial charge in [0.25, 0.3) is 33.4 Å². The molecule has 0 unspecified atom stereocenters. The Morgan fingerprint density at radius 2 is 0.839 bits per heavy atom. The van der Waals surface area contributed by atoms with Gasteiger partial charge < -0.3 is 44.9 Å². The number of hydrogen-bond acceptors (Lipinski definition) is 27. The van der Waals surface area contributed by atoms with Crippen molar-refractivity contribution in [2.45, 2.75) is 101 Å². The number of hydrogen-bond donors (Lipinski definition) is 5. The van der Waals surface area contributed by atoms with Gasteiger partial charge in [-0.25, -0.2) is 44.9 Å². The number of nitrogens with two attached hydrogens (primary N) is 1. The number of aryl methyl sites for hydroxylation is 5. The summed E-state index contributed by atoms with van der Waals surface area (Å²) in [5.74, 6) is 7.68. The number of carbonyl (C=O) groups excluding carboxylic acids is 1. The maximum atomic E-state index is 13.4. The normalized spacial score (nSPS) is 13.6. The fourth-order valence-corrected chi connectivity index (χ4v) is 15.7. The number of methoxy groups -OCH3 is 1. The molecule has 0 aliphatic carbocycles. The van der Waals surface area contributed by atoms with E-state index in [0.717, 1.165) is 35.2 Å². The van der Waals surface area contributed by atoms with Crippen LogP contribution in [0.5, 0.6) is 11.8 Å². The van der Waals surface area contributed by atoms with Gasteiger partial charge in [-0.15, -0.1) is 19.3 Å². The van der Waals surface area contributed by atoms with E-state index < -0.39 is 91.6 Å². The number of halogens is 16. The van der Waals surface area contributed by atoms with E-state index in [1.807, 2.05) is 0 Å². The number of terminal acetylenes is 3. The maximum absolute atomic E-state index is 13.4. The van der Waals surface area contributed by atoms with Gasteiger partial charge in [-0.1, -0.05) is 54.2 Å². The molecule has 2 fully saturated rings. The number of nitriles is 1. The lowest BCUT2D eigenvalue weighted by atomic mass is 9.86. The predicted octanol–water partition coefficient (Wildman–Crippen LogP) is 14.0. The number of nitrogens with one attached hydrogen (secondary N) is 3. The number of Topliss-reactive ketones (excluding diaryl/α,β-unsaturated/α-hetero) is 1. The van der Waals surface area contributed by atoms with E-state index in [-0.39, 0.29) is 84.2 Å². The predicted molar refractivity (Wildman–Crippen MR) is 495 cm³/mol.